The van der Waals surface area contributed by atoms with E-state index in [1.807, 2.05) is 30.5 Å². The zero-order valence-electron chi connectivity index (χ0n) is 17.5. The van der Waals surface area contributed by atoms with Gasteiger partial charge in [0.05, 0.1) is 24.9 Å². The molecule has 1 fully saturated rings. The first-order valence-corrected chi connectivity index (χ1v) is 10.4. The molecule has 0 unspecified atom stereocenters. The lowest BCUT2D eigenvalue weighted by Crippen LogP contribution is -2.36. The molecule has 3 heterocycles. The molecular weight excluding hydrogens is 394 g/mol. The highest BCUT2D eigenvalue weighted by Gasteiger charge is 2.41. The second-order valence-electron chi connectivity index (χ2n) is 7.62. The summed E-state index contributed by atoms with van der Waals surface area (Å²) in [5.41, 5.74) is 3.24. The number of hydrogen-bond donors (Lipinski definition) is 1. The molecule has 1 aromatic carbocycles. The van der Waals surface area contributed by atoms with Crippen molar-refractivity contribution in [2.24, 2.45) is 0 Å². The predicted octanol–water partition coefficient (Wildman–Crippen LogP) is 3.42. The van der Waals surface area contributed by atoms with E-state index in [4.69, 9.17) is 17.0 Å². The number of pyridine rings is 1. The van der Waals surface area contributed by atoms with E-state index in [0.29, 0.717) is 0 Å². The molecule has 1 aliphatic heterocycles. The lowest BCUT2D eigenvalue weighted by Gasteiger charge is -2.29. The molecule has 156 valence electrons. The van der Waals surface area contributed by atoms with Crippen molar-refractivity contribution in [1.82, 2.24) is 24.7 Å². The highest BCUT2D eigenvalue weighted by molar-refractivity contribution is 7.80. The van der Waals surface area contributed by atoms with Gasteiger partial charge in [0.25, 0.3) is 0 Å². The fraction of sp³-hybridized carbons (Fsp3) is 0.304. The van der Waals surface area contributed by atoms with Gasteiger partial charge in [0.1, 0.15) is 5.75 Å². The van der Waals surface area contributed by atoms with Crippen LogP contribution in [-0.4, -0.2) is 58.8 Å². The maximum absolute atomic E-state index is 5.76. The van der Waals surface area contributed by atoms with Crippen LogP contribution < -0.4 is 10.1 Å². The lowest BCUT2D eigenvalue weighted by molar-refractivity contribution is 0.272. The summed E-state index contributed by atoms with van der Waals surface area (Å²) >= 11 is 5.76. The molecule has 6 nitrogen and oxygen atoms in total. The SMILES string of the molecule is COc1ccc(-n2cccc2[C@@H]2[C@@H](c3ccccn3)NC(=S)N2CCN(C)C)cc1. The molecule has 7 heteroatoms. The largest absolute Gasteiger partial charge is 0.497 e. The first-order chi connectivity index (χ1) is 14.6. The number of thiocarbonyl (C=S) groups is 1. The molecular formula is C23H27N5OS. The van der Waals surface area contributed by atoms with E-state index in [0.717, 1.165) is 35.3 Å². The van der Waals surface area contributed by atoms with Gasteiger partial charge in [0.2, 0.25) is 0 Å². The summed E-state index contributed by atoms with van der Waals surface area (Å²) in [5.74, 6) is 0.843. The minimum atomic E-state index is -0.0206. The number of likely N-dealkylation sites (N-methyl/N-ethyl adjacent to an activating group) is 1. The molecule has 0 amide bonds. The van der Waals surface area contributed by atoms with Crippen molar-refractivity contribution in [3.05, 3.63) is 78.4 Å². The number of nitrogens with zero attached hydrogens (tertiary/aromatic N) is 4. The Morgan fingerprint density at radius 3 is 2.57 bits per heavy atom. The topological polar surface area (TPSA) is 45.6 Å². The Kier molecular flexibility index (Phi) is 6.01. The van der Waals surface area contributed by atoms with Gasteiger partial charge in [-0.3, -0.25) is 4.98 Å². The maximum atomic E-state index is 5.76. The van der Waals surface area contributed by atoms with E-state index in [1.54, 1.807) is 7.11 Å². The highest BCUT2D eigenvalue weighted by Crippen LogP contribution is 2.39. The summed E-state index contributed by atoms with van der Waals surface area (Å²) in [4.78, 5) is 9.08. The monoisotopic (exact) mass is 421 g/mol. The molecule has 2 atom stereocenters. The van der Waals surface area contributed by atoms with Crippen LogP contribution >= 0.6 is 12.2 Å². The number of methoxy groups -OCH3 is 1. The summed E-state index contributed by atoms with van der Waals surface area (Å²) in [6.07, 6.45) is 3.93. The van der Waals surface area contributed by atoms with Crippen LogP contribution in [0.5, 0.6) is 5.75 Å². The highest BCUT2D eigenvalue weighted by atomic mass is 32.1. The molecule has 30 heavy (non-hydrogen) atoms. The normalized spacial score (nSPS) is 18.7. The third-order valence-electron chi connectivity index (χ3n) is 5.42. The van der Waals surface area contributed by atoms with E-state index in [1.165, 1.54) is 5.69 Å². The van der Waals surface area contributed by atoms with E-state index in [-0.39, 0.29) is 12.1 Å². The molecule has 3 aromatic rings. The van der Waals surface area contributed by atoms with E-state index in [2.05, 4.69) is 75.3 Å². The van der Waals surface area contributed by atoms with Gasteiger partial charge >= 0.3 is 0 Å². The van der Waals surface area contributed by atoms with Crippen LogP contribution in [0.15, 0.2) is 67.0 Å². The third kappa shape index (κ3) is 4.04. The number of ether oxygens (including phenoxy) is 1. The number of benzene rings is 1. The van der Waals surface area contributed by atoms with Gasteiger partial charge in [-0.05, 0) is 74.8 Å². The van der Waals surface area contributed by atoms with Gasteiger partial charge < -0.3 is 24.4 Å². The van der Waals surface area contributed by atoms with Gasteiger partial charge in [-0.2, -0.15) is 0 Å². The second kappa shape index (κ2) is 8.85. The van der Waals surface area contributed by atoms with Crippen molar-refractivity contribution >= 4 is 17.3 Å². The van der Waals surface area contributed by atoms with E-state index >= 15 is 0 Å². The summed E-state index contributed by atoms with van der Waals surface area (Å²) in [6.45, 7) is 1.75. The number of hydrogen-bond acceptors (Lipinski definition) is 4. The molecule has 1 saturated heterocycles. The van der Waals surface area contributed by atoms with Gasteiger partial charge in [-0.1, -0.05) is 6.07 Å². The maximum Gasteiger partial charge on any atom is 0.170 e. The second-order valence-corrected chi connectivity index (χ2v) is 8.01. The van der Waals surface area contributed by atoms with Gasteiger partial charge in [0.15, 0.2) is 5.11 Å². The van der Waals surface area contributed by atoms with Crippen molar-refractivity contribution in [3.63, 3.8) is 0 Å². The summed E-state index contributed by atoms with van der Waals surface area (Å²) in [6, 6.07) is 18.4. The molecule has 0 saturated carbocycles. The molecule has 0 aliphatic carbocycles. The Hall–Kier alpha value is -2.90. The fourth-order valence-electron chi connectivity index (χ4n) is 3.89. The van der Waals surface area contributed by atoms with Crippen LogP contribution in [0.4, 0.5) is 0 Å². The predicted molar refractivity (Wildman–Crippen MR) is 123 cm³/mol. The van der Waals surface area contributed by atoms with Crippen molar-refractivity contribution in [3.8, 4) is 11.4 Å². The Labute approximate surface area is 183 Å². The molecule has 0 radical (unpaired) electrons. The van der Waals surface area contributed by atoms with Crippen molar-refractivity contribution < 1.29 is 4.74 Å². The van der Waals surface area contributed by atoms with Gasteiger partial charge in [-0.15, -0.1) is 0 Å². The van der Waals surface area contributed by atoms with Gasteiger partial charge in [0, 0.05) is 36.9 Å². The minimum Gasteiger partial charge on any atom is -0.497 e. The van der Waals surface area contributed by atoms with Crippen LogP contribution in [-0.2, 0) is 0 Å². The first kappa shape index (κ1) is 20.4. The molecule has 1 aliphatic rings. The summed E-state index contributed by atoms with van der Waals surface area (Å²) in [5, 5.41) is 4.29. The number of nitrogens with one attached hydrogen (secondary N) is 1. The number of rotatable bonds is 7. The minimum absolute atomic E-state index is 0.0206. The smallest absolute Gasteiger partial charge is 0.170 e. The van der Waals surface area contributed by atoms with Crippen LogP contribution in [0, 0.1) is 0 Å². The summed E-state index contributed by atoms with van der Waals surface area (Å²) in [7, 11) is 5.84. The lowest BCUT2D eigenvalue weighted by atomic mass is 10.0. The van der Waals surface area contributed by atoms with Crippen LogP contribution in [0.1, 0.15) is 23.5 Å². The van der Waals surface area contributed by atoms with Crippen LogP contribution in [0.25, 0.3) is 5.69 Å². The summed E-state index contributed by atoms with van der Waals surface area (Å²) < 4.78 is 7.54. The van der Waals surface area contributed by atoms with E-state index < -0.39 is 0 Å². The fourth-order valence-corrected chi connectivity index (χ4v) is 4.22. The van der Waals surface area contributed by atoms with Crippen molar-refractivity contribution in [2.45, 2.75) is 12.1 Å². The number of aromatic nitrogens is 2. The molecule has 1 N–H and O–H groups in total. The zero-order chi connectivity index (χ0) is 21.1. The third-order valence-corrected chi connectivity index (χ3v) is 5.77. The Morgan fingerprint density at radius 1 is 1.10 bits per heavy atom. The standard InChI is InChI=1S/C23H27N5OS/c1-26(2)15-16-28-22(21(25-23(28)30)19-7-4-5-13-24-19)20-8-6-14-27(20)17-9-11-18(29-3)12-10-17/h4-14,21-22H,15-16H2,1-3H3,(H,25,30)/t21-,22-/m1/s1. The quantitative estimate of drug-likeness (QED) is 0.590. The van der Waals surface area contributed by atoms with Crippen molar-refractivity contribution in [2.75, 3.05) is 34.3 Å². The Bertz CT molecular complexity index is 986. The van der Waals surface area contributed by atoms with Crippen LogP contribution in [0.2, 0.25) is 0 Å². The molecule has 2 aromatic heterocycles. The van der Waals surface area contributed by atoms with Crippen LogP contribution in [0.3, 0.4) is 0 Å². The zero-order valence-corrected chi connectivity index (χ0v) is 18.3. The first-order valence-electron chi connectivity index (χ1n) is 10.0. The van der Waals surface area contributed by atoms with Crippen molar-refractivity contribution in [1.29, 1.82) is 0 Å². The average molecular weight is 422 g/mol. The van der Waals surface area contributed by atoms with Gasteiger partial charge in [-0.25, -0.2) is 0 Å². The molecule has 0 spiro atoms. The Morgan fingerprint density at radius 2 is 1.90 bits per heavy atom. The average Bonchev–Trinajstić information content (AvgIpc) is 3.37. The molecule has 0 bridgehead atoms. The molecule has 4 rings (SSSR count). The van der Waals surface area contributed by atoms with E-state index in [9.17, 15) is 0 Å². The Balaban J connectivity index is 1.75.